The third-order valence-corrected chi connectivity index (χ3v) is 3.64. The maximum absolute atomic E-state index is 13.3. The van der Waals surface area contributed by atoms with Gasteiger partial charge in [-0.15, -0.1) is 0 Å². The van der Waals surface area contributed by atoms with Gasteiger partial charge in [-0.05, 0) is 17.7 Å². The summed E-state index contributed by atoms with van der Waals surface area (Å²) >= 11 is 0. The van der Waals surface area contributed by atoms with E-state index in [0.717, 1.165) is 16.8 Å². The lowest BCUT2D eigenvalue weighted by Gasteiger charge is -2.13. The zero-order valence-electron chi connectivity index (χ0n) is 12.5. The number of halogens is 1. The zero-order chi connectivity index (χ0) is 16.2. The van der Waals surface area contributed by atoms with Gasteiger partial charge in [0.05, 0.1) is 18.9 Å². The molecule has 1 aliphatic rings. The smallest absolute Gasteiger partial charge is 0.286 e. The third-order valence-electron chi connectivity index (χ3n) is 3.64. The summed E-state index contributed by atoms with van der Waals surface area (Å²) in [6.07, 6.45) is 1.26. The number of anilines is 1. The molecule has 0 unspecified atom stereocenters. The van der Waals surface area contributed by atoms with Gasteiger partial charge >= 0.3 is 0 Å². The van der Waals surface area contributed by atoms with Gasteiger partial charge in [-0.2, -0.15) is 0 Å². The molecular weight excluding hydrogens is 299 g/mol. The van der Waals surface area contributed by atoms with Crippen LogP contribution in [0, 0.1) is 5.82 Å². The Labute approximate surface area is 132 Å². The lowest BCUT2D eigenvalue weighted by molar-refractivity contribution is 0.0990. The number of aromatic nitrogens is 2. The van der Waals surface area contributed by atoms with Gasteiger partial charge in [0.15, 0.2) is 0 Å². The second-order valence-electron chi connectivity index (χ2n) is 5.28. The van der Waals surface area contributed by atoms with E-state index in [2.05, 4.69) is 15.3 Å². The Bertz CT molecular complexity index is 736. The number of ether oxygens (including phenoxy) is 1. The molecule has 3 N–H and O–H groups in total. The zero-order valence-corrected chi connectivity index (χ0v) is 12.5. The van der Waals surface area contributed by atoms with Crippen LogP contribution in [0.4, 0.5) is 10.2 Å². The Morgan fingerprint density at radius 3 is 2.91 bits per heavy atom. The van der Waals surface area contributed by atoms with E-state index in [1.165, 1.54) is 12.1 Å². The Morgan fingerprint density at radius 1 is 1.30 bits per heavy atom. The van der Waals surface area contributed by atoms with Gasteiger partial charge in [0.2, 0.25) is 5.82 Å². The van der Waals surface area contributed by atoms with Crippen LogP contribution in [0.15, 0.2) is 24.3 Å². The highest BCUT2D eigenvalue weighted by atomic mass is 19.1. The molecule has 0 bridgehead atoms. The summed E-state index contributed by atoms with van der Waals surface area (Å²) in [6.45, 7) is 1.51. The molecule has 1 aromatic heterocycles. The second kappa shape index (κ2) is 6.70. The Hall–Kier alpha value is -2.54. The number of carbonyl (C=O) groups excluding carboxylic acids is 1. The predicted octanol–water partition coefficient (Wildman–Crippen LogP) is 1.44. The molecule has 2 aromatic rings. The monoisotopic (exact) mass is 316 g/mol. The molecular formula is C16H17FN4O2. The van der Waals surface area contributed by atoms with Crippen LogP contribution in [0.3, 0.4) is 0 Å². The van der Waals surface area contributed by atoms with E-state index in [1.807, 2.05) is 6.07 Å². The van der Waals surface area contributed by atoms with Crippen molar-refractivity contribution in [3.63, 3.8) is 0 Å². The lowest BCUT2D eigenvalue weighted by Crippen LogP contribution is -2.19. The first-order valence-corrected chi connectivity index (χ1v) is 7.39. The average molecular weight is 316 g/mol. The second-order valence-corrected chi connectivity index (χ2v) is 5.28. The van der Waals surface area contributed by atoms with Crippen molar-refractivity contribution in [3.05, 3.63) is 52.7 Å². The molecule has 7 heteroatoms. The lowest BCUT2D eigenvalue weighted by atomic mass is 10.1. The van der Waals surface area contributed by atoms with Crippen LogP contribution in [0.1, 0.15) is 27.4 Å². The number of primary amides is 1. The summed E-state index contributed by atoms with van der Waals surface area (Å²) < 4.78 is 18.7. The summed E-state index contributed by atoms with van der Waals surface area (Å²) in [5.74, 6) is -0.435. The number of carbonyl (C=O) groups is 1. The van der Waals surface area contributed by atoms with Crippen LogP contribution >= 0.6 is 0 Å². The maximum atomic E-state index is 13.3. The van der Waals surface area contributed by atoms with Crippen molar-refractivity contribution in [1.82, 2.24) is 9.97 Å². The predicted molar refractivity (Wildman–Crippen MR) is 82.5 cm³/mol. The molecule has 3 rings (SSSR count). The first-order valence-electron chi connectivity index (χ1n) is 7.39. The number of hydrogen-bond acceptors (Lipinski definition) is 5. The fourth-order valence-electron chi connectivity index (χ4n) is 2.53. The van der Waals surface area contributed by atoms with Crippen LogP contribution in [-0.2, 0) is 24.1 Å². The number of amides is 1. The molecule has 120 valence electrons. The third kappa shape index (κ3) is 3.62. The van der Waals surface area contributed by atoms with Crippen LogP contribution in [0.5, 0.6) is 0 Å². The normalized spacial score (nSPS) is 14.0. The van der Waals surface area contributed by atoms with Gasteiger partial charge in [-0.25, -0.2) is 14.4 Å². The van der Waals surface area contributed by atoms with E-state index >= 15 is 0 Å². The SMILES string of the molecule is NC(=O)c1nc2c(c(NCc3cccc(F)c3)n1)CCOCC2. The first-order chi connectivity index (χ1) is 11.1. The fraction of sp³-hybridized carbons (Fsp3) is 0.312. The van der Waals surface area contributed by atoms with E-state index in [9.17, 15) is 9.18 Å². The molecule has 1 aromatic carbocycles. The quantitative estimate of drug-likeness (QED) is 0.891. The number of nitrogens with one attached hydrogen (secondary N) is 1. The molecule has 2 heterocycles. The summed E-state index contributed by atoms with van der Waals surface area (Å²) in [4.78, 5) is 19.9. The van der Waals surface area contributed by atoms with Crippen molar-refractivity contribution < 1.29 is 13.9 Å². The van der Waals surface area contributed by atoms with E-state index in [1.54, 1.807) is 6.07 Å². The summed E-state index contributed by atoms with van der Waals surface area (Å²) in [6, 6.07) is 6.30. The minimum absolute atomic E-state index is 0.0209. The van der Waals surface area contributed by atoms with E-state index in [-0.39, 0.29) is 11.6 Å². The number of benzene rings is 1. The maximum Gasteiger partial charge on any atom is 0.286 e. The van der Waals surface area contributed by atoms with Crippen molar-refractivity contribution in [2.45, 2.75) is 19.4 Å². The van der Waals surface area contributed by atoms with Crippen LogP contribution in [-0.4, -0.2) is 29.1 Å². The van der Waals surface area contributed by atoms with Gasteiger partial charge in [0.1, 0.15) is 11.6 Å². The molecule has 0 atom stereocenters. The van der Waals surface area contributed by atoms with E-state index < -0.39 is 5.91 Å². The molecule has 0 spiro atoms. The Balaban J connectivity index is 1.90. The largest absolute Gasteiger partial charge is 0.381 e. The molecule has 0 saturated carbocycles. The highest BCUT2D eigenvalue weighted by Crippen LogP contribution is 2.21. The average Bonchev–Trinajstić information content (AvgIpc) is 2.77. The van der Waals surface area contributed by atoms with Gasteiger partial charge < -0.3 is 15.8 Å². The number of hydrogen-bond donors (Lipinski definition) is 2. The molecule has 1 aliphatic heterocycles. The Morgan fingerprint density at radius 2 is 2.13 bits per heavy atom. The van der Waals surface area contributed by atoms with Crippen molar-refractivity contribution in [1.29, 1.82) is 0 Å². The topological polar surface area (TPSA) is 90.1 Å². The molecule has 0 saturated heterocycles. The van der Waals surface area contributed by atoms with Gasteiger partial charge in [0, 0.05) is 24.9 Å². The molecule has 0 aliphatic carbocycles. The fourth-order valence-corrected chi connectivity index (χ4v) is 2.53. The minimum Gasteiger partial charge on any atom is -0.381 e. The molecule has 0 radical (unpaired) electrons. The number of rotatable bonds is 4. The van der Waals surface area contributed by atoms with Crippen LogP contribution in [0.2, 0.25) is 0 Å². The molecule has 0 fully saturated rings. The first kappa shape index (κ1) is 15.4. The Kier molecular flexibility index (Phi) is 4.47. The van der Waals surface area contributed by atoms with Crippen molar-refractivity contribution >= 4 is 11.7 Å². The molecule has 1 amide bonds. The van der Waals surface area contributed by atoms with Crippen LogP contribution in [0.25, 0.3) is 0 Å². The van der Waals surface area contributed by atoms with Gasteiger partial charge in [-0.3, -0.25) is 4.79 Å². The van der Waals surface area contributed by atoms with Gasteiger partial charge in [0.25, 0.3) is 5.91 Å². The number of nitrogens with zero attached hydrogens (tertiary/aromatic N) is 2. The molecule has 23 heavy (non-hydrogen) atoms. The summed E-state index contributed by atoms with van der Waals surface area (Å²) in [5.41, 5.74) is 7.78. The highest BCUT2D eigenvalue weighted by Gasteiger charge is 2.18. The standard InChI is InChI=1S/C16H17FN4O2/c17-11-3-1-2-10(8-11)9-19-15-12-4-6-23-7-5-13(12)20-16(21-15)14(18)22/h1-3,8H,4-7,9H2,(H2,18,22)(H,19,20,21). The van der Waals surface area contributed by atoms with Crippen molar-refractivity contribution in [3.8, 4) is 0 Å². The van der Waals surface area contributed by atoms with Gasteiger partial charge in [-0.1, -0.05) is 12.1 Å². The summed E-state index contributed by atoms with van der Waals surface area (Å²) in [7, 11) is 0. The minimum atomic E-state index is -0.674. The summed E-state index contributed by atoms with van der Waals surface area (Å²) in [5, 5.41) is 3.16. The van der Waals surface area contributed by atoms with Crippen molar-refractivity contribution in [2.24, 2.45) is 5.73 Å². The number of fused-ring (bicyclic) bond motifs is 1. The number of nitrogens with two attached hydrogens (primary N) is 1. The van der Waals surface area contributed by atoms with E-state index in [0.29, 0.717) is 38.4 Å². The van der Waals surface area contributed by atoms with Crippen molar-refractivity contribution in [2.75, 3.05) is 18.5 Å². The molecule has 6 nitrogen and oxygen atoms in total. The highest BCUT2D eigenvalue weighted by molar-refractivity contribution is 5.89. The van der Waals surface area contributed by atoms with Crippen LogP contribution < -0.4 is 11.1 Å². The van der Waals surface area contributed by atoms with E-state index in [4.69, 9.17) is 10.5 Å².